The third-order valence-corrected chi connectivity index (χ3v) is 5.25. The highest BCUT2D eigenvalue weighted by atomic mass is 35.5. The first-order valence-electron chi connectivity index (χ1n) is 9.57. The average Bonchev–Trinajstić information content (AvgIpc) is 3.17. The van der Waals surface area contributed by atoms with Gasteiger partial charge in [-0.25, -0.2) is 0 Å². The number of amidine groups is 1. The summed E-state index contributed by atoms with van der Waals surface area (Å²) in [5.74, 6) is 0.269. The fourth-order valence-electron chi connectivity index (χ4n) is 3.60. The number of para-hydroxylation sites is 2. The first-order valence-corrected chi connectivity index (χ1v) is 9.95. The minimum Gasteiger partial charge on any atom is -0.456 e. The number of benzene rings is 4. The summed E-state index contributed by atoms with van der Waals surface area (Å²) in [5.41, 5.74) is 7.39. The molecule has 0 unspecified atom stereocenters. The predicted molar refractivity (Wildman–Crippen MR) is 124 cm³/mol. The van der Waals surface area contributed by atoms with Gasteiger partial charge in [-0.2, -0.15) is 0 Å². The monoisotopic (exact) mass is 411 g/mol. The van der Waals surface area contributed by atoms with E-state index in [1.54, 1.807) is 0 Å². The van der Waals surface area contributed by atoms with Crippen LogP contribution < -0.4 is 10.4 Å². The number of nitrogens with one attached hydrogen (secondary N) is 2. The Hall–Kier alpha value is -3.76. The second-order valence-electron chi connectivity index (χ2n) is 6.91. The van der Waals surface area contributed by atoms with Crippen LogP contribution >= 0.6 is 11.6 Å². The Kier molecular flexibility index (Phi) is 4.62. The average molecular weight is 412 g/mol. The van der Waals surface area contributed by atoms with Gasteiger partial charge in [-0.3, -0.25) is 15.8 Å². The van der Waals surface area contributed by atoms with Crippen LogP contribution in [0.4, 0.5) is 11.4 Å². The SMILES string of the molecule is N=C(NN(c1ccccc1)c1ccc(Cl)cc1)c1cccc2oc3ccccc3c12. The Bertz CT molecular complexity index is 1340. The molecule has 0 aliphatic rings. The van der Waals surface area contributed by atoms with Gasteiger partial charge in [0.2, 0.25) is 0 Å². The van der Waals surface area contributed by atoms with Crippen molar-refractivity contribution in [3.63, 3.8) is 0 Å². The Balaban J connectivity index is 1.59. The summed E-state index contributed by atoms with van der Waals surface area (Å²) in [5, 5.41) is 13.3. The molecule has 5 heteroatoms. The van der Waals surface area contributed by atoms with E-state index in [-0.39, 0.29) is 5.84 Å². The second-order valence-corrected chi connectivity index (χ2v) is 7.35. The van der Waals surface area contributed by atoms with Crippen molar-refractivity contribution in [3.05, 3.63) is 108 Å². The molecule has 146 valence electrons. The van der Waals surface area contributed by atoms with Crippen LogP contribution in [0.25, 0.3) is 21.9 Å². The summed E-state index contributed by atoms with van der Waals surface area (Å²) in [6.45, 7) is 0. The molecule has 4 nitrogen and oxygen atoms in total. The molecule has 0 bridgehead atoms. The van der Waals surface area contributed by atoms with Gasteiger partial charge in [-0.05, 0) is 48.5 Å². The standard InChI is InChI=1S/C25H18ClN3O/c26-17-13-15-19(16-14-17)29(18-7-2-1-3-8-18)28-25(27)21-10-6-12-23-24(21)20-9-4-5-11-22(20)30-23/h1-16H,(H2,27,28). The van der Waals surface area contributed by atoms with Crippen molar-refractivity contribution in [2.75, 3.05) is 5.01 Å². The lowest BCUT2D eigenvalue weighted by atomic mass is 10.1. The maximum atomic E-state index is 8.88. The number of fused-ring (bicyclic) bond motifs is 3. The largest absolute Gasteiger partial charge is 0.456 e. The van der Waals surface area contributed by atoms with Crippen LogP contribution in [0.1, 0.15) is 5.56 Å². The zero-order valence-electron chi connectivity index (χ0n) is 16.0. The molecule has 2 N–H and O–H groups in total. The zero-order valence-corrected chi connectivity index (χ0v) is 16.7. The van der Waals surface area contributed by atoms with Crippen molar-refractivity contribution in [2.45, 2.75) is 0 Å². The van der Waals surface area contributed by atoms with Crippen LogP contribution in [0.15, 0.2) is 101 Å². The highest BCUT2D eigenvalue weighted by Crippen LogP contribution is 2.32. The first-order chi connectivity index (χ1) is 14.7. The van der Waals surface area contributed by atoms with E-state index >= 15 is 0 Å². The smallest absolute Gasteiger partial charge is 0.145 e. The van der Waals surface area contributed by atoms with Gasteiger partial charge in [0, 0.05) is 21.4 Å². The van der Waals surface area contributed by atoms with E-state index < -0.39 is 0 Å². The first kappa shape index (κ1) is 18.3. The summed E-state index contributed by atoms with van der Waals surface area (Å²) in [6, 6.07) is 31.1. The molecule has 0 radical (unpaired) electrons. The number of hydrogen-bond donors (Lipinski definition) is 2. The molecule has 5 rings (SSSR count). The van der Waals surface area contributed by atoms with Crippen molar-refractivity contribution in [1.82, 2.24) is 5.43 Å². The van der Waals surface area contributed by atoms with Gasteiger partial charge in [0.15, 0.2) is 0 Å². The highest BCUT2D eigenvalue weighted by molar-refractivity contribution is 6.30. The van der Waals surface area contributed by atoms with Gasteiger partial charge < -0.3 is 4.42 Å². The van der Waals surface area contributed by atoms with E-state index in [4.69, 9.17) is 21.4 Å². The molecule has 30 heavy (non-hydrogen) atoms. The third-order valence-electron chi connectivity index (χ3n) is 4.99. The normalized spacial score (nSPS) is 11.0. The minimum absolute atomic E-state index is 0.269. The molecule has 1 heterocycles. The van der Waals surface area contributed by atoms with E-state index in [0.29, 0.717) is 5.02 Å². The molecule has 0 aliphatic heterocycles. The highest BCUT2D eigenvalue weighted by Gasteiger charge is 2.17. The second kappa shape index (κ2) is 7.58. The molecule has 5 aromatic rings. The molecule has 0 atom stereocenters. The molecular formula is C25H18ClN3O. The molecule has 0 saturated heterocycles. The molecule has 1 aromatic heterocycles. The van der Waals surface area contributed by atoms with Crippen LogP contribution in [0, 0.1) is 5.41 Å². The Morgan fingerprint density at radius 1 is 0.733 bits per heavy atom. The van der Waals surface area contributed by atoms with Gasteiger partial charge in [0.05, 0.1) is 11.4 Å². The van der Waals surface area contributed by atoms with E-state index in [9.17, 15) is 0 Å². The van der Waals surface area contributed by atoms with E-state index in [1.807, 2.05) is 102 Å². The van der Waals surface area contributed by atoms with Crippen molar-refractivity contribution in [2.24, 2.45) is 0 Å². The van der Waals surface area contributed by atoms with Crippen molar-refractivity contribution in [1.29, 1.82) is 5.41 Å². The maximum Gasteiger partial charge on any atom is 0.145 e. The zero-order chi connectivity index (χ0) is 20.5. The number of nitrogens with zero attached hydrogens (tertiary/aromatic N) is 1. The quantitative estimate of drug-likeness (QED) is 0.192. The molecule has 0 fully saturated rings. The third kappa shape index (κ3) is 3.27. The topological polar surface area (TPSA) is 52.3 Å². The molecule has 0 spiro atoms. The Morgan fingerprint density at radius 2 is 1.40 bits per heavy atom. The number of furan rings is 1. The fraction of sp³-hybridized carbons (Fsp3) is 0. The molecule has 0 amide bonds. The van der Waals surface area contributed by atoms with Crippen molar-refractivity contribution in [3.8, 4) is 0 Å². The summed E-state index contributed by atoms with van der Waals surface area (Å²) < 4.78 is 5.98. The van der Waals surface area contributed by atoms with Crippen molar-refractivity contribution < 1.29 is 4.42 Å². The lowest BCUT2D eigenvalue weighted by Crippen LogP contribution is -2.39. The van der Waals surface area contributed by atoms with Gasteiger partial charge >= 0.3 is 0 Å². The molecular weight excluding hydrogens is 394 g/mol. The number of halogens is 1. The lowest BCUT2D eigenvalue weighted by molar-refractivity contribution is 0.669. The van der Waals surface area contributed by atoms with Gasteiger partial charge in [0.1, 0.15) is 17.0 Å². The van der Waals surface area contributed by atoms with Crippen LogP contribution in [-0.2, 0) is 0 Å². The van der Waals surface area contributed by atoms with Crippen LogP contribution in [-0.4, -0.2) is 5.84 Å². The number of rotatable bonds is 4. The Morgan fingerprint density at radius 3 is 2.20 bits per heavy atom. The lowest BCUT2D eigenvalue weighted by Gasteiger charge is -2.27. The molecule has 0 saturated carbocycles. The van der Waals surface area contributed by atoms with Gasteiger partial charge in [0.25, 0.3) is 0 Å². The fourth-order valence-corrected chi connectivity index (χ4v) is 3.73. The summed E-state index contributed by atoms with van der Waals surface area (Å²) in [7, 11) is 0. The summed E-state index contributed by atoms with van der Waals surface area (Å²) in [6.07, 6.45) is 0. The molecule has 4 aromatic carbocycles. The van der Waals surface area contributed by atoms with E-state index in [0.717, 1.165) is 38.9 Å². The minimum atomic E-state index is 0.269. The summed E-state index contributed by atoms with van der Waals surface area (Å²) >= 11 is 6.08. The number of anilines is 2. The summed E-state index contributed by atoms with van der Waals surface area (Å²) in [4.78, 5) is 0. The number of hydrogen-bond acceptors (Lipinski definition) is 3. The van der Waals surface area contributed by atoms with Gasteiger partial charge in [-0.1, -0.05) is 60.1 Å². The van der Waals surface area contributed by atoms with Crippen LogP contribution in [0.3, 0.4) is 0 Å². The van der Waals surface area contributed by atoms with Crippen LogP contribution in [0.2, 0.25) is 5.02 Å². The van der Waals surface area contributed by atoms with Crippen molar-refractivity contribution >= 4 is 50.7 Å². The Labute approximate surface area is 178 Å². The molecule has 0 aliphatic carbocycles. The van der Waals surface area contributed by atoms with E-state index in [1.165, 1.54) is 0 Å². The van der Waals surface area contributed by atoms with E-state index in [2.05, 4.69) is 5.43 Å². The maximum absolute atomic E-state index is 8.88. The van der Waals surface area contributed by atoms with Gasteiger partial charge in [-0.15, -0.1) is 0 Å². The number of hydrazine groups is 1. The predicted octanol–water partition coefficient (Wildman–Crippen LogP) is 6.91. The van der Waals surface area contributed by atoms with Crippen LogP contribution in [0.5, 0.6) is 0 Å².